The standard InChI is InChI=1S/C20H27N3O3S/c1-15(18-11-5-8-16-7-3-4-10-19(16)18)21-20(24)14-23-12-6-9-17(13-23)22-27(2,25)26/h3-5,7-8,10-11,15,17,22H,6,9,12-14H2,1-2H3,(H,21,24). The van der Waals surface area contributed by atoms with Crippen molar-refractivity contribution in [1.29, 1.82) is 0 Å². The molecule has 0 bridgehead atoms. The van der Waals surface area contributed by atoms with Gasteiger partial charge < -0.3 is 5.32 Å². The summed E-state index contributed by atoms with van der Waals surface area (Å²) in [5, 5.41) is 5.38. The zero-order valence-electron chi connectivity index (χ0n) is 15.8. The van der Waals surface area contributed by atoms with Crippen molar-refractivity contribution in [2.45, 2.75) is 31.8 Å². The molecule has 1 fully saturated rings. The van der Waals surface area contributed by atoms with Gasteiger partial charge in [-0.2, -0.15) is 0 Å². The van der Waals surface area contributed by atoms with Crippen LogP contribution in [-0.4, -0.2) is 51.2 Å². The van der Waals surface area contributed by atoms with E-state index in [9.17, 15) is 13.2 Å². The fourth-order valence-electron chi connectivity index (χ4n) is 3.79. The van der Waals surface area contributed by atoms with E-state index in [1.807, 2.05) is 36.1 Å². The Bertz CT molecular complexity index is 908. The fourth-order valence-corrected chi connectivity index (χ4v) is 4.59. The first-order valence-corrected chi connectivity index (χ1v) is 11.2. The number of carbonyl (C=O) groups excluding carboxylic acids is 1. The van der Waals surface area contributed by atoms with E-state index in [1.165, 1.54) is 6.26 Å². The molecule has 1 aliphatic rings. The van der Waals surface area contributed by atoms with E-state index in [2.05, 4.69) is 28.2 Å². The molecule has 0 radical (unpaired) electrons. The first-order chi connectivity index (χ1) is 12.8. The van der Waals surface area contributed by atoms with Gasteiger partial charge in [0.15, 0.2) is 0 Å². The quantitative estimate of drug-likeness (QED) is 0.792. The first-order valence-electron chi connectivity index (χ1n) is 9.28. The monoisotopic (exact) mass is 389 g/mol. The molecular weight excluding hydrogens is 362 g/mol. The molecule has 1 heterocycles. The summed E-state index contributed by atoms with van der Waals surface area (Å²) in [6, 6.07) is 14.0. The topological polar surface area (TPSA) is 78.5 Å². The van der Waals surface area contributed by atoms with Gasteiger partial charge in [0.1, 0.15) is 0 Å². The van der Waals surface area contributed by atoms with Gasteiger partial charge in [-0.3, -0.25) is 9.69 Å². The molecule has 2 N–H and O–H groups in total. The molecule has 2 unspecified atom stereocenters. The Kier molecular flexibility index (Phi) is 6.14. The van der Waals surface area contributed by atoms with Crippen molar-refractivity contribution < 1.29 is 13.2 Å². The van der Waals surface area contributed by atoms with Crippen LogP contribution in [0.5, 0.6) is 0 Å². The Hall–Kier alpha value is -1.96. The van der Waals surface area contributed by atoms with Crippen LogP contribution in [0.25, 0.3) is 10.8 Å². The Morgan fingerprint density at radius 2 is 1.96 bits per heavy atom. The first kappa shape index (κ1) is 19.8. The van der Waals surface area contributed by atoms with Gasteiger partial charge in [-0.25, -0.2) is 13.1 Å². The molecule has 0 aromatic heterocycles. The summed E-state index contributed by atoms with van der Waals surface area (Å²) in [7, 11) is -3.23. The Morgan fingerprint density at radius 3 is 2.74 bits per heavy atom. The molecule has 7 heteroatoms. The minimum Gasteiger partial charge on any atom is -0.348 e. The van der Waals surface area contributed by atoms with Gasteiger partial charge in [0.25, 0.3) is 0 Å². The molecule has 0 aliphatic carbocycles. The van der Waals surface area contributed by atoms with Crippen molar-refractivity contribution in [3.8, 4) is 0 Å². The van der Waals surface area contributed by atoms with Gasteiger partial charge in [-0.15, -0.1) is 0 Å². The lowest BCUT2D eigenvalue weighted by atomic mass is 9.99. The number of benzene rings is 2. The van der Waals surface area contributed by atoms with Crippen LogP contribution in [0.4, 0.5) is 0 Å². The van der Waals surface area contributed by atoms with Crippen LogP contribution < -0.4 is 10.0 Å². The van der Waals surface area contributed by atoms with Crippen LogP contribution in [0, 0.1) is 0 Å². The Labute approximate surface area is 161 Å². The summed E-state index contributed by atoms with van der Waals surface area (Å²) in [5.41, 5.74) is 1.09. The number of hydrogen-bond acceptors (Lipinski definition) is 4. The third-order valence-electron chi connectivity index (χ3n) is 4.92. The van der Waals surface area contributed by atoms with E-state index in [1.54, 1.807) is 0 Å². The average Bonchev–Trinajstić information content (AvgIpc) is 2.60. The smallest absolute Gasteiger partial charge is 0.234 e. The number of sulfonamides is 1. The zero-order valence-corrected chi connectivity index (χ0v) is 16.6. The number of nitrogens with one attached hydrogen (secondary N) is 2. The molecule has 1 aliphatic heterocycles. The molecule has 2 aromatic carbocycles. The number of hydrogen-bond donors (Lipinski definition) is 2. The zero-order chi connectivity index (χ0) is 19.4. The SMILES string of the molecule is CC(NC(=O)CN1CCCC(NS(C)(=O)=O)C1)c1cccc2ccccc12. The number of rotatable bonds is 6. The highest BCUT2D eigenvalue weighted by atomic mass is 32.2. The Morgan fingerprint density at radius 1 is 1.22 bits per heavy atom. The lowest BCUT2D eigenvalue weighted by molar-refractivity contribution is -0.123. The number of piperidine rings is 1. The molecule has 1 saturated heterocycles. The second-order valence-electron chi connectivity index (χ2n) is 7.32. The van der Waals surface area contributed by atoms with Crippen molar-refractivity contribution in [3.05, 3.63) is 48.0 Å². The highest BCUT2D eigenvalue weighted by Gasteiger charge is 2.24. The second-order valence-corrected chi connectivity index (χ2v) is 9.10. The summed E-state index contributed by atoms with van der Waals surface area (Å²) in [4.78, 5) is 14.5. The number of carbonyl (C=O) groups is 1. The van der Waals surface area contributed by atoms with Crippen LogP contribution in [0.15, 0.2) is 42.5 Å². The molecule has 0 spiro atoms. The van der Waals surface area contributed by atoms with Gasteiger partial charge in [0, 0.05) is 12.6 Å². The summed E-state index contributed by atoms with van der Waals surface area (Å²) >= 11 is 0. The van der Waals surface area contributed by atoms with Crippen LogP contribution in [0.3, 0.4) is 0 Å². The van der Waals surface area contributed by atoms with Crippen LogP contribution in [-0.2, 0) is 14.8 Å². The van der Waals surface area contributed by atoms with Crippen molar-refractivity contribution in [2.24, 2.45) is 0 Å². The molecule has 146 valence electrons. The highest BCUT2D eigenvalue weighted by molar-refractivity contribution is 7.88. The van der Waals surface area contributed by atoms with E-state index < -0.39 is 10.0 Å². The predicted molar refractivity (Wildman–Crippen MR) is 108 cm³/mol. The second kappa shape index (κ2) is 8.37. The van der Waals surface area contributed by atoms with Crippen molar-refractivity contribution in [3.63, 3.8) is 0 Å². The highest BCUT2D eigenvalue weighted by Crippen LogP contribution is 2.24. The van der Waals surface area contributed by atoms with Crippen LogP contribution >= 0.6 is 0 Å². The maximum atomic E-state index is 12.5. The van der Waals surface area contributed by atoms with Gasteiger partial charge in [0.2, 0.25) is 15.9 Å². The lowest BCUT2D eigenvalue weighted by Gasteiger charge is -2.32. The maximum absolute atomic E-state index is 12.5. The average molecular weight is 390 g/mol. The minimum atomic E-state index is -3.23. The molecule has 1 amide bonds. The van der Waals surface area contributed by atoms with E-state index >= 15 is 0 Å². The van der Waals surface area contributed by atoms with Crippen LogP contribution in [0.2, 0.25) is 0 Å². The molecule has 6 nitrogen and oxygen atoms in total. The molecule has 0 saturated carbocycles. The van der Waals surface area contributed by atoms with Gasteiger partial charge >= 0.3 is 0 Å². The minimum absolute atomic E-state index is 0.0459. The molecule has 2 atom stereocenters. The van der Waals surface area contributed by atoms with E-state index in [-0.39, 0.29) is 24.5 Å². The molecule has 2 aromatic rings. The van der Waals surface area contributed by atoms with E-state index in [0.29, 0.717) is 6.54 Å². The Balaban J connectivity index is 1.60. The van der Waals surface area contributed by atoms with Gasteiger partial charge in [-0.1, -0.05) is 42.5 Å². The number of fused-ring (bicyclic) bond motifs is 1. The third kappa shape index (κ3) is 5.51. The maximum Gasteiger partial charge on any atom is 0.234 e. The van der Waals surface area contributed by atoms with Crippen molar-refractivity contribution >= 4 is 26.7 Å². The largest absolute Gasteiger partial charge is 0.348 e. The summed E-state index contributed by atoms with van der Waals surface area (Å²) in [5.74, 6) is -0.0459. The third-order valence-corrected chi connectivity index (χ3v) is 5.68. The number of nitrogens with zero attached hydrogens (tertiary/aromatic N) is 1. The summed E-state index contributed by atoms with van der Waals surface area (Å²) in [6.07, 6.45) is 2.85. The van der Waals surface area contributed by atoms with Crippen LogP contribution in [0.1, 0.15) is 31.4 Å². The summed E-state index contributed by atoms with van der Waals surface area (Å²) < 4.78 is 25.5. The van der Waals surface area contributed by atoms with E-state index in [4.69, 9.17) is 0 Å². The fraction of sp³-hybridized carbons (Fsp3) is 0.450. The lowest BCUT2D eigenvalue weighted by Crippen LogP contribution is -2.50. The van der Waals surface area contributed by atoms with Gasteiger partial charge in [0.05, 0.1) is 18.8 Å². The molecule has 3 rings (SSSR count). The molecular formula is C20H27N3O3S. The molecule has 27 heavy (non-hydrogen) atoms. The number of amides is 1. The normalized spacial score (nSPS) is 19.7. The predicted octanol–water partition coefficient (Wildman–Crippen LogP) is 2.03. The summed E-state index contributed by atoms with van der Waals surface area (Å²) in [6.45, 7) is 3.63. The van der Waals surface area contributed by atoms with Crippen molar-refractivity contribution in [1.82, 2.24) is 14.9 Å². The van der Waals surface area contributed by atoms with Gasteiger partial charge in [-0.05, 0) is 42.6 Å². The number of likely N-dealkylation sites (tertiary alicyclic amines) is 1. The van der Waals surface area contributed by atoms with Crippen molar-refractivity contribution in [2.75, 3.05) is 25.9 Å². The van der Waals surface area contributed by atoms with E-state index in [0.717, 1.165) is 35.7 Å².